The number of aromatic amines is 2. The summed E-state index contributed by atoms with van der Waals surface area (Å²) in [4.78, 5) is 16.3. The minimum atomic E-state index is 0. The smallest absolute Gasteiger partial charge is 0.368 e. The average Bonchev–Trinajstić information content (AvgIpc) is 3.58. The van der Waals surface area contributed by atoms with Crippen LogP contribution in [-0.4, -0.2) is 19.9 Å². The number of imidazole rings is 2. The van der Waals surface area contributed by atoms with E-state index in [2.05, 4.69) is 90.0 Å². The molecular formula is C36H49N4Y. The van der Waals surface area contributed by atoms with Gasteiger partial charge in [-0.25, -0.2) is 4.98 Å². The quantitative estimate of drug-likeness (QED) is 0.175. The Morgan fingerprint density at radius 3 is 2.10 bits per heavy atom. The molecule has 5 heteroatoms. The summed E-state index contributed by atoms with van der Waals surface area (Å²) < 4.78 is 0. The topological polar surface area (TPSA) is 57.4 Å². The first kappa shape index (κ1) is 38.4. The first-order valence-electron chi connectivity index (χ1n) is 14.2. The Bertz CT molecular complexity index is 1370. The molecule has 0 fully saturated rings. The summed E-state index contributed by atoms with van der Waals surface area (Å²) in [7, 11) is 0. The summed E-state index contributed by atoms with van der Waals surface area (Å²) in [5, 5.41) is 0. The van der Waals surface area contributed by atoms with Crippen molar-refractivity contribution in [2.45, 2.75) is 80.6 Å². The molecule has 1 aliphatic rings. The Balaban J connectivity index is 0.00000219. The molecule has 1 unspecified atom stereocenters. The molecule has 4 aromatic rings. The SMILES string of the molecule is CC.CC.C[CH-]c1ncc(-c2ccc(C#Cc3ccc4c(c3)CCCc3[nH]c(C(C)C(C)C)nc3-4)cc2)[nH]1.[CH3-].[CH3-].[Y+3]. The van der Waals surface area contributed by atoms with Crippen molar-refractivity contribution in [2.75, 3.05) is 0 Å². The maximum Gasteiger partial charge on any atom is 3.00 e. The number of nitrogens with one attached hydrogen (secondary N) is 2. The summed E-state index contributed by atoms with van der Waals surface area (Å²) >= 11 is 0. The number of fused-ring (bicyclic) bond motifs is 3. The number of rotatable bonds is 4. The van der Waals surface area contributed by atoms with Gasteiger partial charge in [-0.05, 0) is 66.4 Å². The third-order valence-electron chi connectivity index (χ3n) is 6.88. The number of hydrogen-bond acceptors (Lipinski definition) is 2. The molecule has 1 aliphatic carbocycles. The van der Waals surface area contributed by atoms with Gasteiger partial charge in [-0.2, -0.15) is 6.92 Å². The fourth-order valence-corrected chi connectivity index (χ4v) is 4.44. The summed E-state index contributed by atoms with van der Waals surface area (Å²) in [5.41, 5.74) is 9.19. The molecule has 0 bridgehead atoms. The van der Waals surface area contributed by atoms with Gasteiger partial charge in [0.05, 0.1) is 11.4 Å². The minimum Gasteiger partial charge on any atom is -0.368 e. The predicted octanol–water partition coefficient (Wildman–Crippen LogP) is 9.64. The van der Waals surface area contributed by atoms with Crippen molar-refractivity contribution in [3.63, 3.8) is 0 Å². The van der Waals surface area contributed by atoms with Crippen LogP contribution < -0.4 is 0 Å². The van der Waals surface area contributed by atoms with E-state index in [-0.39, 0.29) is 47.6 Å². The molecule has 0 spiro atoms. The van der Waals surface area contributed by atoms with Crippen molar-refractivity contribution in [1.82, 2.24) is 19.9 Å². The third-order valence-corrected chi connectivity index (χ3v) is 6.88. The van der Waals surface area contributed by atoms with Crippen molar-refractivity contribution in [1.29, 1.82) is 0 Å². The van der Waals surface area contributed by atoms with Gasteiger partial charge >= 0.3 is 32.7 Å². The summed E-state index contributed by atoms with van der Waals surface area (Å²) in [6.45, 7) is 16.7. The van der Waals surface area contributed by atoms with Gasteiger partial charge in [0.15, 0.2) is 0 Å². The molecule has 0 saturated heterocycles. The van der Waals surface area contributed by atoms with Crippen LogP contribution in [0.15, 0.2) is 48.7 Å². The van der Waals surface area contributed by atoms with Gasteiger partial charge in [-0.3, -0.25) is 4.98 Å². The molecule has 2 N–H and O–H groups in total. The van der Waals surface area contributed by atoms with E-state index in [1.807, 2.05) is 47.2 Å². The second-order valence-corrected chi connectivity index (χ2v) is 9.51. The van der Waals surface area contributed by atoms with E-state index < -0.39 is 0 Å². The normalized spacial score (nSPS) is 11.4. The molecule has 0 saturated carbocycles. The van der Waals surface area contributed by atoms with Crippen LogP contribution in [0.25, 0.3) is 22.5 Å². The van der Waals surface area contributed by atoms with E-state index in [0.717, 1.165) is 59.0 Å². The number of benzene rings is 2. The zero-order valence-electron chi connectivity index (χ0n) is 26.9. The maximum atomic E-state index is 5.04. The van der Waals surface area contributed by atoms with Gasteiger partial charge in [-0.1, -0.05) is 78.5 Å². The summed E-state index contributed by atoms with van der Waals surface area (Å²) in [6.07, 6.45) is 7.05. The van der Waals surface area contributed by atoms with E-state index in [0.29, 0.717) is 11.8 Å². The van der Waals surface area contributed by atoms with Gasteiger partial charge in [0.2, 0.25) is 0 Å². The predicted molar refractivity (Wildman–Crippen MR) is 174 cm³/mol. The largest absolute Gasteiger partial charge is 3.00 e. The monoisotopic (exact) mass is 626 g/mol. The fraction of sp³-hybridized carbons (Fsp3) is 0.361. The number of hydrogen-bond donors (Lipinski definition) is 2. The summed E-state index contributed by atoms with van der Waals surface area (Å²) in [5.74, 6) is 9.67. The third kappa shape index (κ3) is 9.45. The molecule has 0 amide bonds. The van der Waals surface area contributed by atoms with E-state index in [9.17, 15) is 0 Å². The van der Waals surface area contributed by atoms with Crippen LogP contribution in [0.1, 0.15) is 102 Å². The van der Waals surface area contributed by atoms with E-state index >= 15 is 0 Å². The Morgan fingerprint density at radius 2 is 1.49 bits per heavy atom. The zero-order chi connectivity index (χ0) is 27.7. The second kappa shape index (κ2) is 18.8. The van der Waals surface area contributed by atoms with Gasteiger partial charge in [0.25, 0.3) is 0 Å². The van der Waals surface area contributed by atoms with Crippen molar-refractivity contribution >= 4 is 0 Å². The molecule has 0 radical (unpaired) electrons. The van der Waals surface area contributed by atoms with Crippen molar-refractivity contribution in [3.05, 3.63) is 104 Å². The van der Waals surface area contributed by atoms with Crippen molar-refractivity contribution in [2.24, 2.45) is 5.92 Å². The molecule has 2 aromatic heterocycles. The van der Waals surface area contributed by atoms with E-state index in [1.165, 1.54) is 16.8 Å². The van der Waals surface area contributed by atoms with Crippen LogP contribution in [0.3, 0.4) is 0 Å². The van der Waals surface area contributed by atoms with Crippen LogP contribution in [0.5, 0.6) is 0 Å². The molecule has 4 nitrogen and oxygen atoms in total. The number of nitrogens with zero attached hydrogens (tertiary/aromatic N) is 2. The minimum absolute atomic E-state index is 0. The van der Waals surface area contributed by atoms with Crippen LogP contribution in [0.2, 0.25) is 0 Å². The maximum absolute atomic E-state index is 5.04. The number of H-pyrrole nitrogens is 2. The standard InChI is InChI=1S/C30H31N4.2C2H6.2CH3.Y/c1-5-28-31-18-27(32-28)23-14-11-21(12-15-23)9-10-22-13-16-25-24(17-22)7-6-8-26-29(25)34-30(33-26)20(4)19(2)3;2*1-2;;;/h5,11-20H,6-8H2,1-4H3,(H,31,32)(H,33,34);2*1-2H3;2*1H3;/q-1;;;2*-1;+3. The van der Waals surface area contributed by atoms with E-state index in [1.54, 1.807) is 0 Å². The molecule has 5 rings (SSSR count). The van der Waals surface area contributed by atoms with Crippen LogP contribution in [-0.2, 0) is 45.6 Å². The Labute approximate surface area is 275 Å². The van der Waals surface area contributed by atoms with E-state index in [4.69, 9.17) is 4.98 Å². The second-order valence-electron chi connectivity index (χ2n) is 9.51. The Morgan fingerprint density at radius 1 is 0.854 bits per heavy atom. The number of aryl methyl sites for hydroxylation is 2. The van der Waals surface area contributed by atoms with Gasteiger partial charge in [0, 0.05) is 34.5 Å². The summed E-state index contributed by atoms with van der Waals surface area (Å²) in [6, 6.07) is 14.9. The molecule has 0 aliphatic heterocycles. The van der Waals surface area contributed by atoms with Crippen molar-refractivity contribution in [3.8, 4) is 34.4 Å². The van der Waals surface area contributed by atoms with Gasteiger partial charge in [0.1, 0.15) is 5.82 Å². The first-order valence-corrected chi connectivity index (χ1v) is 14.2. The van der Waals surface area contributed by atoms with Gasteiger partial charge in [-0.15, -0.1) is 0 Å². The van der Waals surface area contributed by atoms with Crippen LogP contribution >= 0.6 is 0 Å². The Kier molecular flexibility index (Phi) is 17.6. The molecule has 216 valence electrons. The zero-order valence-corrected chi connectivity index (χ0v) is 29.8. The molecule has 1 atom stereocenters. The molecule has 2 heterocycles. The Hall–Kier alpha value is -2.61. The molecule has 2 aromatic carbocycles. The van der Waals surface area contributed by atoms with Crippen LogP contribution in [0, 0.1) is 39.0 Å². The van der Waals surface area contributed by atoms with Crippen LogP contribution in [0.4, 0.5) is 0 Å². The van der Waals surface area contributed by atoms with Crippen molar-refractivity contribution < 1.29 is 32.7 Å². The molecular weight excluding hydrogens is 577 g/mol. The molecule has 41 heavy (non-hydrogen) atoms. The fourth-order valence-electron chi connectivity index (χ4n) is 4.44. The first-order chi connectivity index (χ1) is 18.5. The van der Waals surface area contributed by atoms with Gasteiger partial charge < -0.3 is 31.2 Å². The average molecular weight is 627 g/mol. The number of aromatic nitrogens is 4.